The topological polar surface area (TPSA) is 54.5 Å². The number of amides is 2. The molecule has 1 aromatic carbocycles. The van der Waals surface area contributed by atoms with Crippen LogP contribution in [0.1, 0.15) is 29.2 Å². The van der Waals surface area contributed by atoms with Gasteiger partial charge in [-0.25, -0.2) is 9.78 Å². The number of rotatable bonds is 4. The van der Waals surface area contributed by atoms with Gasteiger partial charge in [0.05, 0.1) is 29.5 Å². The number of aromatic nitrogens is 1. The Morgan fingerprint density at radius 2 is 2.21 bits per heavy atom. The van der Waals surface area contributed by atoms with Gasteiger partial charge in [-0.1, -0.05) is 30.3 Å². The zero-order valence-electron chi connectivity index (χ0n) is 14.1. The fourth-order valence-corrected chi connectivity index (χ4v) is 3.55. The van der Waals surface area contributed by atoms with Crippen LogP contribution in [0.25, 0.3) is 0 Å². The van der Waals surface area contributed by atoms with Crippen LogP contribution in [-0.4, -0.2) is 41.7 Å². The number of nitrogens with one attached hydrogen (secondary N) is 1. The highest BCUT2D eigenvalue weighted by Crippen LogP contribution is 2.26. The summed E-state index contributed by atoms with van der Waals surface area (Å²) in [6.07, 6.45) is 0.809. The summed E-state index contributed by atoms with van der Waals surface area (Å²) >= 11 is 1.64. The van der Waals surface area contributed by atoms with Crippen LogP contribution in [-0.2, 0) is 11.2 Å². The van der Waals surface area contributed by atoms with Gasteiger partial charge in [0.15, 0.2) is 0 Å². The van der Waals surface area contributed by atoms with Gasteiger partial charge in [0.2, 0.25) is 0 Å². The van der Waals surface area contributed by atoms with Crippen LogP contribution in [0.3, 0.4) is 0 Å². The number of hydrogen-bond donors (Lipinski definition) is 1. The molecule has 1 aromatic heterocycles. The lowest BCUT2D eigenvalue weighted by atomic mass is 10.0. The van der Waals surface area contributed by atoms with Gasteiger partial charge in [0.1, 0.15) is 0 Å². The second-order valence-corrected chi connectivity index (χ2v) is 7.12. The van der Waals surface area contributed by atoms with E-state index >= 15 is 0 Å². The maximum absolute atomic E-state index is 12.7. The van der Waals surface area contributed by atoms with E-state index < -0.39 is 0 Å². The third kappa shape index (κ3) is 4.13. The molecule has 24 heavy (non-hydrogen) atoms. The van der Waals surface area contributed by atoms with Crippen molar-refractivity contribution in [2.75, 3.05) is 19.7 Å². The second kappa shape index (κ2) is 7.77. The van der Waals surface area contributed by atoms with E-state index in [1.807, 2.05) is 54.5 Å². The molecule has 1 aliphatic rings. The summed E-state index contributed by atoms with van der Waals surface area (Å²) in [6, 6.07) is 9.98. The summed E-state index contributed by atoms with van der Waals surface area (Å²) in [5, 5.41) is 6.13. The van der Waals surface area contributed by atoms with Crippen molar-refractivity contribution in [3.63, 3.8) is 0 Å². The number of aryl methyl sites for hydroxylation is 1. The molecule has 2 amide bonds. The first-order valence-electron chi connectivity index (χ1n) is 8.25. The fraction of sp³-hybridized carbons (Fsp3) is 0.444. The fourth-order valence-electron chi connectivity index (χ4n) is 2.90. The first-order chi connectivity index (χ1) is 11.6. The molecule has 1 aliphatic heterocycles. The molecule has 1 N–H and O–H groups in total. The molecule has 1 fully saturated rings. The van der Waals surface area contributed by atoms with Crippen molar-refractivity contribution >= 4 is 17.4 Å². The second-order valence-electron chi connectivity index (χ2n) is 6.06. The predicted molar refractivity (Wildman–Crippen MR) is 95.3 cm³/mol. The number of nitrogens with zero attached hydrogens (tertiary/aromatic N) is 2. The Hall–Kier alpha value is -1.92. The molecule has 1 saturated heterocycles. The minimum atomic E-state index is -0.0380. The number of urea groups is 1. The van der Waals surface area contributed by atoms with E-state index in [0.717, 1.165) is 22.7 Å². The molecular weight excluding hydrogens is 322 g/mol. The Morgan fingerprint density at radius 3 is 2.92 bits per heavy atom. The van der Waals surface area contributed by atoms with E-state index in [4.69, 9.17) is 4.74 Å². The van der Waals surface area contributed by atoms with Crippen LogP contribution in [0.4, 0.5) is 4.79 Å². The molecule has 2 aromatic rings. The molecule has 5 nitrogen and oxygen atoms in total. The molecule has 0 spiro atoms. The summed E-state index contributed by atoms with van der Waals surface area (Å²) in [5.74, 6) is 0. The minimum absolute atomic E-state index is 0.0362. The highest BCUT2D eigenvalue weighted by Gasteiger charge is 2.31. The lowest BCUT2D eigenvalue weighted by Gasteiger charge is -2.38. The first kappa shape index (κ1) is 16.9. The Kier molecular flexibility index (Phi) is 5.48. The summed E-state index contributed by atoms with van der Waals surface area (Å²) in [5.41, 5.74) is 2.14. The highest BCUT2D eigenvalue weighted by molar-refractivity contribution is 7.09. The Balaban J connectivity index is 1.61. The van der Waals surface area contributed by atoms with E-state index in [9.17, 15) is 4.79 Å². The average molecular weight is 345 g/mol. The van der Waals surface area contributed by atoms with E-state index in [-0.39, 0.29) is 18.2 Å². The molecule has 0 radical (unpaired) electrons. The highest BCUT2D eigenvalue weighted by atomic mass is 32.1. The van der Waals surface area contributed by atoms with Gasteiger partial charge in [-0.3, -0.25) is 0 Å². The quantitative estimate of drug-likeness (QED) is 0.926. The Bertz CT molecular complexity index is 674. The van der Waals surface area contributed by atoms with Crippen LogP contribution in [0.2, 0.25) is 0 Å². The molecule has 0 unspecified atom stereocenters. The lowest BCUT2D eigenvalue weighted by Crippen LogP contribution is -2.50. The molecule has 3 rings (SSSR count). The zero-order valence-corrected chi connectivity index (χ0v) is 14.9. The van der Waals surface area contributed by atoms with Gasteiger partial charge in [-0.05, 0) is 19.4 Å². The molecule has 0 bridgehead atoms. The van der Waals surface area contributed by atoms with E-state index in [2.05, 4.69) is 10.3 Å². The van der Waals surface area contributed by atoms with Crippen LogP contribution >= 0.6 is 11.3 Å². The van der Waals surface area contributed by atoms with Gasteiger partial charge in [0.25, 0.3) is 0 Å². The van der Waals surface area contributed by atoms with Crippen molar-refractivity contribution in [1.82, 2.24) is 15.2 Å². The number of carbonyl (C=O) groups excluding carboxylic acids is 1. The number of hydrogen-bond acceptors (Lipinski definition) is 4. The average Bonchev–Trinajstić information content (AvgIpc) is 3.01. The van der Waals surface area contributed by atoms with Gasteiger partial charge in [-0.2, -0.15) is 0 Å². The van der Waals surface area contributed by atoms with Crippen LogP contribution in [0, 0.1) is 6.92 Å². The number of benzene rings is 1. The summed E-state index contributed by atoms with van der Waals surface area (Å²) in [4.78, 5) is 19.0. The van der Waals surface area contributed by atoms with Crippen LogP contribution < -0.4 is 5.32 Å². The maximum Gasteiger partial charge on any atom is 0.318 e. The molecule has 128 valence electrons. The van der Waals surface area contributed by atoms with Crippen molar-refractivity contribution in [3.8, 4) is 0 Å². The molecule has 0 saturated carbocycles. The first-order valence-corrected chi connectivity index (χ1v) is 9.13. The standard InChI is InChI=1S/C18H23N3O2S/c1-13-10-21(17(11-23-13)15-6-4-3-5-7-15)18(22)19-9-8-16-12-24-14(2)20-16/h3-7,12-13,17H,8-11H2,1-2H3,(H,19,22)/t13-,17+/m1/s1. The summed E-state index contributed by atoms with van der Waals surface area (Å²) < 4.78 is 5.77. The number of morpholine rings is 1. The van der Waals surface area contributed by atoms with E-state index in [0.29, 0.717) is 19.7 Å². The van der Waals surface area contributed by atoms with E-state index in [1.54, 1.807) is 11.3 Å². The predicted octanol–water partition coefficient (Wildman–Crippen LogP) is 3.17. The van der Waals surface area contributed by atoms with Crippen molar-refractivity contribution in [2.45, 2.75) is 32.4 Å². The lowest BCUT2D eigenvalue weighted by molar-refractivity contribution is -0.0380. The normalized spacial score (nSPS) is 20.8. The molecule has 0 aliphatic carbocycles. The van der Waals surface area contributed by atoms with Crippen molar-refractivity contribution in [3.05, 3.63) is 52.0 Å². The Morgan fingerprint density at radius 1 is 1.42 bits per heavy atom. The van der Waals surface area contributed by atoms with Crippen molar-refractivity contribution < 1.29 is 9.53 Å². The Labute approximate surface area is 146 Å². The SMILES string of the molecule is Cc1nc(CCNC(=O)N2C[C@@H](C)OC[C@H]2c2ccccc2)cs1. The largest absolute Gasteiger partial charge is 0.374 e. The maximum atomic E-state index is 12.7. The third-order valence-electron chi connectivity index (χ3n) is 4.14. The number of ether oxygens (including phenoxy) is 1. The number of thiazole rings is 1. The molecule has 6 heteroatoms. The van der Waals surface area contributed by atoms with Gasteiger partial charge in [0, 0.05) is 24.9 Å². The minimum Gasteiger partial charge on any atom is -0.374 e. The van der Waals surface area contributed by atoms with Gasteiger partial charge < -0.3 is 15.0 Å². The zero-order chi connectivity index (χ0) is 16.9. The van der Waals surface area contributed by atoms with E-state index in [1.165, 1.54) is 0 Å². The smallest absolute Gasteiger partial charge is 0.318 e. The van der Waals surface area contributed by atoms with Crippen LogP contribution in [0.5, 0.6) is 0 Å². The van der Waals surface area contributed by atoms with Gasteiger partial charge >= 0.3 is 6.03 Å². The molecule has 2 heterocycles. The van der Waals surface area contributed by atoms with Crippen molar-refractivity contribution in [1.29, 1.82) is 0 Å². The summed E-state index contributed by atoms with van der Waals surface area (Å²) in [6.45, 7) is 5.71. The van der Waals surface area contributed by atoms with Gasteiger partial charge in [-0.15, -0.1) is 11.3 Å². The molecule has 2 atom stereocenters. The third-order valence-corrected chi connectivity index (χ3v) is 4.96. The van der Waals surface area contributed by atoms with Crippen LogP contribution in [0.15, 0.2) is 35.7 Å². The monoisotopic (exact) mass is 345 g/mol. The van der Waals surface area contributed by atoms with Crippen molar-refractivity contribution in [2.24, 2.45) is 0 Å². The molecular formula is C18H23N3O2S. The summed E-state index contributed by atoms with van der Waals surface area (Å²) in [7, 11) is 0. The number of carbonyl (C=O) groups is 1.